The molecule has 1 aromatic carbocycles. The molecule has 1 aromatic rings. The van der Waals surface area contributed by atoms with Gasteiger partial charge in [0.05, 0.1) is 6.04 Å². The summed E-state index contributed by atoms with van der Waals surface area (Å²) in [7, 11) is 0. The van der Waals surface area contributed by atoms with Gasteiger partial charge in [-0.1, -0.05) is 30.3 Å². The van der Waals surface area contributed by atoms with Crippen molar-refractivity contribution < 1.29 is 14.3 Å². The van der Waals surface area contributed by atoms with Crippen molar-refractivity contribution in [3.63, 3.8) is 0 Å². The molecule has 124 valence electrons. The Morgan fingerprint density at radius 2 is 1.96 bits per heavy atom. The van der Waals surface area contributed by atoms with Crippen molar-refractivity contribution in [1.82, 2.24) is 9.80 Å². The quantitative estimate of drug-likeness (QED) is 0.926. The van der Waals surface area contributed by atoms with Gasteiger partial charge in [0.2, 0.25) is 0 Å². The summed E-state index contributed by atoms with van der Waals surface area (Å²) >= 11 is 0. The van der Waals surface area contributed by atoms with Gasteiger partial charge in [0.25, 0.3) is 0 Å². The molecule has 1 aliphatic carbocycles. The smallest absolute Gasteiger partial charge is 0.407 e. The monoisotopic (exact) mass is 318 g/mol. The van der Waals surface area contributed by atoms with Crippen LogP contribution in [0.1, 0.15) is 37.7 Å². The zero-order chi connectivity index (χ0) is 16.0. The standard InChI is InChI=1S/C18H23FN2O2/c19-17-15-9-8-14(21(15)18(22)23)10-16(17)20(13-6-7-13)11-12-4-2-1-3-5-12/h1-5,13-17H,6-11H2,(H,22,23)/t14-,15+,16-,17+/m1/s1. The predicted molar refractivity (Wildman–Crippen MR) is 85.0 cm³/mol. The summed E-state index contributed by atoms with van der Waals surface area (Å²) in [5.41, 5.74) is 1.21. The number of fused-ring (bicyclic) bond motifs is 2. The Morgan fingerprint density at radius 1 is 1.22 bits per heavy atom. The molecule has 3 fully saturated rings. The van der Waals surface area contributed by atoms with Crippen LogP contribution < -0.4 is 0 Å². The molecule has 23 heavy (non-hydrogen) atoms. The van der Waals surface area contributed by atoms with Gasteiger partial charge in [-0.05, 0) is 37.7 Å². The second-order valence-electron chi connectivity index (χ2n) is 7.12. The number of amides is 1. The summed E-state index contributed by atoms with van der Waals surface area (Å²) in [5.74, 6) is 0. The van der Waals surface area contributed by atoms with E-state index in [1.54, 1.807) is 0 Å². The minimum Gasteiger partial charge on any atom is -0.465 e. The van der Waals surface area contributed by atoms with Crippen LogP contribution in [-0.4, -0.2) is 51.3 Å². The molecule has 0 unspecified atom stereocenters. The predicted octanol–water partition coefficient (Wildman–Crippen LogP) is 3.27. The molecular weight excluding hydrogens is 295 g/mol. The second-order valence-corrected chi connectivity index (χ2v) is 7.12. The fraction of sp³-hybridized carbons (Fsp3) is 0.611. The number of carboxylic acid groups (broad SMARTS) is 1. The molecule has 2 bridgehead atoms. The summed E-state index contributed by atoms with van der Waals surface area (Å²) in [6, 6.07) is 10.1. The van der Waals surface area contributed by atoms with E-state index in [0.29, 0.717) is 18.9 Å². The van der Waals surface area contributed by atoms with E-state index >= 15 is 4.39 Å². The molecule has 2 aliphatic heterocycles. The number of hydrogen-bond acceptors (Lipinski definition) is 2. The molecule has 4 nitrogen and oxygen atoms in total. The van der Waals surface area contributed by atoms with Crippen molar-refractivity contribution in [3.05, 3.63) is 35.9 Å². The van der Waals surface area contributed by atoms with E-state index in [-0.39, 0.29) is 12.1 Å². The Bertz CT molecular complexity index is 578. The largest absolute Gasteiger partial charge is 0.465 e. The maximum atomic E-state index is 15.1. The summed E-state index contributed by atoms with van der Waals surface area (Å²) in [4.78, 5) is 15.1. The first-order valence-corrected chi connectivity index (χ1v) is 8.60. The topological polar surface area (TPSA) is 43.8 Å². The first-order chi connectivity index (χ1) is 11.1. The Morgan fingerprint density at radius 3 is 2.61 bits per heavy atom. The van der Waals surface area contributed by atoms with Gasteiger partial charge >= 0.3 is 6.09 Å². The number of halogens is 1. The molecular formula is C18H23FN2O2. The second kappa shape index (κ2) is 5.78. The maximum absolute atomic E-state index is 15.1. The molecule has 0 aromatic heterocycles. The third-order valence-electron chi connectivity index (χ3n) is 5.67. The van der Waals surface area contributed by atoms with E-state index in [2.05, 4.69) is 17.0 Å². The third kappa shape index (κ3) is 2.71. The Kier molecular flexibility index (Phi) is 3.76. The zero-order valence-corrected chi connectivity index (χ0v) is 13.1. The Hall–Kier alpha value is -1.62. The van der Waals surface area contributed by atoms with Gasteiger partial charge < -0.3 is 5.11 Å². The lowest BCUT2D eigenvalue weighted by molar-refractivity contribution is -0.0101. The van der Waals surface area contributed by atoms with Crippen LogP contribution in [0.5, 0.6) is 0 Å². The van der Waals surface area contributed by atoms with E-state index in [4.69, 9.17) is 0 Å². The van der Waals surface area contributed by atoms with E-state index in [1.807, 2.05) is 18.2 Å². The molecule has 3 aliphatic rings. The molecule has 4 atom stereocenters. The molecule has 1 saturated carbocycles. The van der Waals surface area contributed by atoms with Crippen molar-refractivity contribution in [3.8, 4) is 0 Å². The van der Waals surface area contributed by atoms with Gasteiger partial charge in [0, 0.05) is 24.7 Å². The molecule has 5 heteroatoms. The zero-order valence-electron chi connectivity index (χ0n) is 13.1. The highest BCUT2D eigenvalue weighted by Gasteiger charge is 2.53. The highest BCUT2D eigenvalue weighted by molar-refractivity contribution is 5.67. The summed E-state index contributed by atoms with van der Waals surface area (Å²) < 4.78 is 15.1. The molecule has 0 radical (unpaired) electrons. The van der Waals surface area contributed by atoms with Gasteiger partial charge in [-0.25, -0.2) is 9.18 Å². The molecule has 0 spiro atoms. The lowest BCUT2D eigenvalue weighted by atomic mass is 9.93. The van der Waals surface area contributed by atoms with Crippen LogP contribution in [0.4, 0.5) is 9.18 Å². The average molecular weight is 318 g/mol. The van der Waals surface area contributed by atoms with Crippen molar-refractivity contribution >= 4 is 6.09 Å². The molecule has 4 rings (SSSR count). The van der Waals surface area contributed by atoms with Crippen LogP contribution >= 0.6 is 0 Å². The number of alkyl halides is 1. The van der Waals surface area contributed by atoms with Crippen molar-refractivity contribution in [1.29, 1.82) is 0 Å². The number of carbonyl (C=O) groups is 1. The fourth-order valence-electron chi connectivity index (χ4n) is 4.46. The van der Waals surface area contributed by atoms with Gasteiger partial charge in [-0.3, -0.25) is 9.80 Å². The molecule has 1 N–H and O–H groups in total. The lowest BCUT2D eigenvalue weighted by Gasteiger charge is -2.44. The normalized spacial score (nSPS) is 33.2. The van der Waals surface area contributed by atoms with Crippen molar-refractivity contribution in [2.24, 2.45) is 0 Å². The van der Waals surface area contributed by atoms with Crippen LogP contribution in [0.3, 0.4) is 0 Å². The summed E-state index contributed by atoms with van der Waals surface area (Å²) in [6.45, 7) is 0.767. The number of piperidine rings is 1. The van der Waals surface area contributed by atoms with E-state index in [1.165, 1.54) is 10.5 Å². The minimum absolute atomic E-state index is 0.00785. The van der Waals surface area contributed by atoms with Crippen LogP contribution in [0.15, 0.2) is 30.3 Å². The summed E-state index contributed by atoms with van der Waals surface area (Å²) in [5, 5.41) is 9.36. The van der Waals surface area contributed by atoms with Crippen LogP contribution in [0.25, 0.3) is 0 Å². The first kappa shape index (κ1) is 14.9. The third-order valence-corrected chi connectivity index (χ3v) is 5.67. The summed E-state index contributed by atoms with van der Waals surface area (Å²) in [6.07, 6.45) is 2.33. The van der Waals surface area contributed by atoms with Crippen LogP contribution in [0.2, 0.25) is 0 Å². The molecule has 2 saturated heterocycles. The highest BCUT2D eigenvalue weighted by Crippen LogP contribution is 2.42. The van der Waals surface area contributed by atoms with Gasteiger partial charge in [-0.2, -0.15) is 0 Å². The van der Waals surface area contributed by atoms with Gasteiger partial charge in [0.1, 0.15) is 6.17 Å². The van der Waals surface area contributed by atoms with Crippen LogP contribution in [0, 0.1) is 0 Å². The number of nitrogens with zero attached hydrogens (tertiary/aromatic N) is 2. The van der Waals surface area contributed by atoms with Crippen molar-refractivity contribution in [2.75, 3.05) is 0 Å². The molecule has 1 amide bonds. The number of benzene rings is 1. The Labute approximate surface area is 135 Å². The van der Waals surface area contributed by atoms with E-state index in [0.717, 1.165) is 25.8 Å². The van der Waals surface area contributed by atoms with Gasteiger partial charge in [-0.15, -0.1) is 0 Å². The minimum atomic E-state index is -1.07. The SMILES string of the molecule is O=C(O)N1[C@@H]2CC[C@H]1[C@H](F)[C@H](N(Cc1ccccc1)C1CC1)C2. The fourth-order valence-corrected chi connectivity index (χ4v) is 4.46. The average Bonchev–Trinajstić information content (AvgIpc) is 3.32. The first-order valence-electron chi connectivity index (χ1n) is 8.60. The number of rotatable bonds is 4. The highest BCUT2D eigenvalue weighted by atomic mass is 19.1. The van der Waals surface area contributed by atoms with Gasteiger partial charge in [0.15, 0.2) is 0 Å². The number of hydrogen-bond donors (Lipinski definition) is 1. The molecule has 2 heterocycles. The Balaban J connectivity index is 1.55. The van der Waals surface area contributed by atoms with Crippen LogP contribution in [-0.2, 0) is 6.54 Å². The van der Waals surface area contributed by atoms with Crippen molar-refractivity contribution in [2.45, 2.75) is 69.0 Å². The van der Waals surface area contributed by atoms with E-state index in [9.17, 15) is 9.90 Å². The lowest BCUT2D eigenvalue weighted by Crippen LogP contribution is -2.59. The maximum Gasteiger partial charge on any atom is 0.407 e. The van der Waals surface area contributed by atoms with E-state index < -0.39 is 18.3 Å².